The number of ether oxygens (including phenoxy) is 3. The number of hydrogen-bond donors (Lipinski definition) is 1. The van der Waals surface area contributed by atoms with Gasteiger partial charge in [0.15, 0.2) is 6.29 Å². The molecular weight excluding hydrogens is 232 g/mol. The van der Waals surface area contributed by atoms with Crippen LogP contribution in [0.15, 0.2) is 24.3 Å². The first kappa shape index (κ1) is 15.0. The van der Waals surface area contributed by atoms with Crippen LogP contribution in [-0.2, 0) is 15.1 Å². The predicted octanol–water partition coefficient (Wildman–Crippen LogP) is 2.30. The maximum Gasteiger partial charge on any atom is 0.159 e. The first-order valence-electron chi connectivity index (χ1n) is 6.04. The van der Waals surface area contributed by atoms with E-state index in [0.29, 0.717) is 13.0 Å². The second-order valence-electron chi connectivity index (χ2n) is 4.34. The zero-order chi connectivity index (χ0) is 13.6. The van der Waals surface area contributed by atoms with Crippen LogP contribution in [0, 0.1) is 0 Å². The van der Waals surface area contributed by atoms with Crippen molar-refractivity contribution in [3.63, 3.8) is 0 Å². The summed E-state index contributed by atoms with van der Waals surface area (Å²) in [4.78, 5) is 0. The molecule has 0 spiro atoms. The Morgan fingerprint density at radius 1 is 1.17 bits per heavy atom. The fourth-order valence-electron chi connectivity index (χ4n) is 1.78. The lowest BCUT2D eigenvalue weighted by Crippen LogP contribution is -2.29. The van der Waals surface area contributed by atoms with E-state index in [1.807, 2.05) is 31.2 Å². The second kappa shape index (κ2) is 6.73. The fraction of sp³-hybridized carbons (Fsp3) is 0.571. The molecule has 102 valence electrons. The standard InChI is InChI=1S/C14H22O4/c1-5-18-12-8-6-11(7-9-12)14(2,15)10-13(16-3)17-4/h6-9,13,15H,5,10H2,1-4H3. The maximum atomic E-state index is 10.4. The van der Waals surface area contributed by atoms with E-state index in [2.05, 4.69) is 0 Å². The fourth-order valence-corrected chi connectivity index (χ4v) is 1.78. The molecule has 0 aromatic heterocycles. The molecule has 0 aliphatic carbocycles. The van der Waals surface area contributed by atoms with Crippen molar-refractivity contribution in [2.45, 2.75) is 32.2 Å². The average Bonchev–Trinajstić information content (AvgIpc) is 2.37. The van der Waals surface area contributed by atoms with Gasteiger partial charge in [-0.2, -0.15) is 0 Å². The molecule has 1 aromatic rings. The smallest absolute Gasteiger partial charge is 0.159 e. The van der Waals surface area contributed by atoms with Crippen molar-refractivity contribution in [2.75, 3.05) is 20.8 Å². The van der Waals surface area contributed by atoms with Gasteiger partial charge in [-0.05, 0) is 31.5 Å². The molecule has 0 aliphatic heterocycles. The van der Waals surface area contributed by atoms with Crippen molar-refractivity contribution in [1.82, 2.24) is 0 Å². The number of aliphatic hydroxyl groups is 1. The Bertz CT molecular complexity index is 341. The van der Waals surface area contributed by atoms with Crippen LogP contribution in [0.2, 0.25) is 0 Å². The lowest BCUT2D eigenvalue weighted by molar-refractivity contribution is -0.142. The molecule has 0 aliphatic rings. The third-order valence-corrected chi connectivity index (χ3v) is 2.88. The van der Waals surface area contributed by atoms with Crippen molar-refractivity contribution in [2.24, 2.45) is 0 Å². The molecule has 0 amide bonds. The first-order chi connectivity index (χ1) is 8.53. The van der Waals surface area contributed by atoms with Crippen LogP contribution in [0.1, 0.15) is 25.8 Å². The Morgan fingerprint density at radius 3 is 2.17 bits per heavy atom. The van der Waals surface area contributed by atoms with E-state index in [-0.39, 0.29) is 0 Å². The van der Waals surface area contributed by atoms with Crippen LogP contribution < -0.4 is 4.74 Å². The predicted molar refractivity (Wildman–Crippen MR) is 69.6 cm³/mol. The Labute approximate surface area is 108 Å². The summed E-state index contributed by atoms with van der Waals surface area (Å²) in [5.74, 6) is 0.798. The average molecular weight is 254 g/mol. The number of rotatable bonds is 7. The summed E-state index contributed by atoms with van der Waals surface area (Å²) < 4.78 is 15.6. The first-order valence-corrected chi connectivity index (χ1v) is 6.04. The highest BCUT2D eigenvalue weighted by atomic mass is 16.7. The molecule has 1 aromatic carbocycles. The second-order valence-corrected chi connectivity index (χ2v) is 4.34. The van der Waals surface area contributed by atoms with Gasteiger partial charge in [0.05, 0.1) is 12.2 Å². The topological polar surface area (TPSA) is 47.9 Å². The van der Waals surface area contributed by atoms with E-state index in [1.165, 1.54) is 0 Å². The Balaban J connectivity index is 2.77. The van der Waals surface area contributed by atoms with Gasteiger partial charge in [0.2, 0.25) is 0 Å². The molecule has 1 N–H and O–H groups in total. The molecule has 1 rings (SSSR count). The van der Waals surface area contributed by atoms with Gasteiger partial charge >= 0.3 is 0 Å². The molecule has 1 unspecified atom stereocenters. The summed E-state index contributed by atoms with van der Waals surface area (Å²) in [6, 6.07) is 7.41. The van der Waals surface area contributed by atoms with Gasteiger partial charge < -0.3 is 19.3 Å². The summed E-state index contributed by atoms with van der Waals surface area (Å²) in [7, 11) is 3.12. The van der Waals surface area contributed by atoms with Gasteiger partial charge in [-0.25, -0.2) is 0 Å². The highest BCUT2D eigenvalue weighted by Crippen LogP contribution is 2.28. The minimum Gasteiger partial charge on any atom is -0.494 e. The van der Waals surface area contributed by atoms with Crippen LogP contribution >= 0.6 is 0 Å². The summed E-state index contributed by atoms with van der Waals surface area (Å²) in [5, 5.41) is 10.4. The zero-order valence-corrected chi connectivity index (χ0v) is 11.5. The highest BCUT2D eigenvalue weighted by Gasteiger charge is 2.27. The molecule has 0 saturated carbocycles. The van der Waals surface area contributed by atoms with E-state index in [1.54, 1.807) is 21.1 Å². The molecule has 4 heteroatoms. The van der Waals surface area contributed by atoms with Crippen molar-refractivity contribution in [3.05, 3.63) is 29.8 Å². The maximum absolute atomic E-state index is 10.4. The minimum absolute atomic E-state index is 0.369. The normalized spacial score (nSPS) is 14.6. The molecule has 0 fully saturated rings. The molecule has 4 nitrogen and oxygen atoms in total. The summed E-state index contributed by atoms with van der Waals surface area (Å²) in [6.07, 6.45) is -0.0554. The van der Waals surface area contributed by atoms with Gasteiger partial charge in [0.1, 0.15) is 5.75 Å². The van der Waals surface area contributed by atoms with Crippen molar-refractivity contribution in [3.8, 4) is 5.75 Å². The van der Waals surface area contributed by atoms with Crippen molar-refractivity contribution < 1.29 is 19.3 Å². The molecule has 18 heavy (non-hydrogen) atoms. The Morgan fingerprint density at radius 2 is 1.72 bits per heavy atom. The number of benzene rings is 1. The van der Waals surface area contributed by atoms with E-state index < -0.39 is 11.9 Å². The molecular formula is C14H22O4. The lowest BCUT2D eigenvalue weighted by atomic mass is 9.92. The van der Waals surface area contributed by atoms with Gasteiger partial charge in [-0.1, -0.05) is 12.1 Å². The number of methoxy groups -OCH3 is 2. The largest absolute Gasteiger partial charge is 0.494 e. The van der Waals surface area contributed by atoms with Crippen LogP contribution in [-0.4, -0.2) is 32.2 Å². The molecule has 0 heterocycles. The SMILES string of the molecule is CCOc1ccc(C(C)(O)CC(OC)OC)cc1. The van der Waals surface area contributed by atoms with Gasteiger partial charge in [0.25, 0.3) is 0 Å². The highest BCUT2D eigenvalue weighted by molar-refractivity contribution is 5.30. The summed E-state index contributed by atoms with van der Waals surface area (Å²) in [6.45, 7) is 4.31. The summed E-state index contributed by atoms with van der Waals surface area (Å²) >= 11 is 0. The molecule has 0 radical (unpaired) electrons. The van der Waals surface area contributed by atoms with Crippen molar-refractivity contribution >= 4 is 0 Å². The molecule has 0 saturated heterocycles. The molecule has 1 atom stereocenters. The van der Waals surface area contributed by atoms with Crippen LogP contribution in [0.4, 0.5) is 0 Å². The third-order valence-electron chi connectivity index (χ3n) is 2.88. The Kier molecular flexibility index (Phi) is 5.59. The zero-order valence-electron chi connectivity index (χ0n) is 11.5. The molecule has 0 bridgehead atoms. The van der Waals surface area contributed by atoms with E-state index in [4.69, 9.17) is 14.2 Å². The minimum atomic E-state index is -0.999. The van der Waals surface area contributed by atoms with Gasteiger partial charge in [-0.3, -0.25) is 0 Å². The van der Waals surface area contributed by atoms with Crippen LogP contribution in [0.3, 0.4) is 0 Å². The van der Waals surface area contributed by atoms with E-state index in [0.717, 1.165) is 11.3 Å². The summed E-state index contributed by atoms with van der Waals surface area (Å²) in [5.41, 5.74) is -0.188. The quantitative estimate of drug-likeness (QED) is 0.758. The monoisotopic (exact) mass is 254 g/mol. The van der Waals surface area contributed by atoms with Gasteiger partial charge in [-0.15, -0.1) is 0 Å². The van der Waals surface area contributed by atoms with Crippen molar-refractivity contribution in [1.29, 1.82) is 0 Å². The van der Waals surface area contributed by atoms with Gasteiger partial charge in [0, 0.05) is 20.6 Å². The van der Waals surface area contributed by atoms with Crippen LogP contribution in [0.25, 0.3) is 0 Å². The lowest BCUT2D eigenvalue weighted by Gasteiger charge is -2.27. The Hall–Kier alpha value is -1.10. The van der Waals surface area contributed by atoms with E-state index in [9.17, 15) is 5.11 Å². The third kappa shape index (κ3) is 3.98. The van der Waals surface area contributed by atoms with E-state index >= 15 is 0 Å². The number of hydrogen-bond acceptors (Lipinski definition) is 4. The van der Waals surface area contributed by atoms with Crippen LogP contribution in [0.5, 0.6) is 5.75 Å².